The van der Waals surface area contributed by atoms with Crippen molar-refractivity contribution in [2.45, 2.75) is 20.1 Å². The zero-order chi connectivity index (χ0) is 14.4. The number of hydrogen-bond donors (Lipinski definition) is 0. The van der Waals surface area contributed by atoms with Crippen molar-refractivity contribution < 1.29 is 23.9 Å². The van der Waals surface area contributed by atoms with Crippen molar-refractivity contribution in [1.82, 2.24) is 0 Å². The maximum Gasteiger partial charge on any atom is 0.305 e. The normalized spacial score (nSPS) is 10.1. The topological polar surface area (TPSA) is 69.7 Å². The first kappa shape index (κ1) is 15.4. The van der Waals surface area contributed by atoms with Crippen LogP contribution in [0.15, 0.2) is 24.3 Å². The number of halogens is 1. The standard InChI is InChI=1S/C13H13BrO5/c1-8(15)18-13(19-9(2)16)11-5-3-4-10(6-11)12(17)7-14/h3-6,13H,7H2,1-2H3. The number of benzene rings is 1. The third-order valence-corrected chi connectivity index (χ3v) is 2.66. The van der Waals surface area contributed by atoms with Gasteiger partial charge in [-0.05, 0) is 6.07 Å². The first-order valence-electron chi connectivity index (χ1n) is 5.47. The van der Waals surface area contributed by atoms with E-state index < -0.39 is 18.2 Å². The summed E-state index contributed by atoms with van der Waals surface area (Å²) in [5.41, 5.74) is 0.871. The highest BCUT2D eigenvalue weighted by Crippen LogP contribution is 2.21. The summed E-state index contributed by atoms with van der Waals surface area (Å²) in [7, 11) is 0. The summed E-state index contributed by atoms with van der Waals surface area (Å²) in [5, 5.41) is 0.183. The Morgan fingerprint density at radius 3 is 2.21 bits per heavy atom. The van der Waals surface area contributed by atoms with Crippen molar-refractivity contribution >= 4 is 33.7 Å². The Bertz CT molecular complexity index is 482. The van der Waals surface area contributed by atoms with E-state index in [0.29, 0.717) is 11.1 Å². The predicted octanol–water partition coefficient (Wildman–Crippen LogP) is 2.39. The van der Waals surface area contributed by atoms with Crippen LogP contribution in [-0.2, 0) is 19.1 Å². The zero-order valence-corrected chi connectivity index (χ0v) is 12.1. The number of rotatable bonds is 5. The van der Waals surface area contributed by atoms with Crippen LogP contribution in [0.5, 0.6) is 0 Å². The summed E-state index contributed by atoms with van der Waals surface area (Å²) in [6.45, 7) is 2.42. The van der Waals surface area contributed by atoms with Gasteiger partial charge in [0.25, 0.3) is 6.29 Å². The van der Waals surface area contributed by atoms with Gasteiger partial charge in [-0.25, -0.2) is 0 Å². The number of carbonyl (C=O) groups excluding carboxylic acids is 3. The molecule has 19 heavy (non-hydrogen) atoms. The van der Waals surface area contributed by atoms with Gasteiger partial charge in [0.15, 0.2) is 5.78 Å². The lowest BCUT2D eigenvalue weighted by Crippen LogP contribution is -2.15. The van der Waals surface area contributed by atoms with Gasteiger partial charge in [-0.2, -0.15) is 0 Å². The maximum absolute atomic E-state index is 11.6. The highest BCUT2D eigenvalue weighted by molar-refractivity contribution is 9.09. The van der Waals surface area contributed by atoms with Crippen LogP contribution >= 0.6 is 15.9 Å². The van der Waals surface area contributed by atoms with E-state index in [-0.39, 0.29) is 11.1 Å². The van der Waals surface area contributed by atoms with Crippen molar-refractivity contribution in [3.8, 4) is 0 Å². The number of esters is 2. The Kier molecular flexibility index (Phi) is 5.69. The average molecular weight is 329 g/mol. The van der Waals surface area contributed by atoms with Gasteiger partial charge >= 0.3 is 11.9 Å². The third-order valence-electron chi connectivity index (χ3n) is 2.15. The Morgan fingerprint density at radius 2 is 1.74 bits per heavy atom. The highest BCUT2D eigenvalue weighted by Gasteiger charge is 2.19. The summed E-state index contributed by atoms with van der Waals surface area (Å²) < 4.78 is 9.82. The number of Topliss-reactive ketones (excluding diaryl/α,β-unsaturated/α-hetero) is 1. The molecule has 1 rings (SSSR count). The minimum atomic E-state index is -1.14. The molecule has 5 nitrogen and oxygen atoms in total. The number of carbonyl (C=O) groups is 3. The number of hydrogen-bond acceptors (Lipinski definition) is 5. The van der Waals surface area contributed by atoms with Crippen molar-refractivity contribution in [2.75, 3.05) is 5.33 Å². The fourth-order valence-electron chi connectivity index (χ4n) is 1.40. The second kappa shape index (κ2) is 7.04. The van der Waals surface area contributed by atoms with Crippen molar-refractivity contribution in [2.24, 2.45) is 0 Å². The Morgan fingerprint density at radius 1 is 1.16 bits per heavy atom. The van der Waals surface area contributed by atoms with E-state index in [1.165, 1.54) is 19.9 Å². The molecule has 0 amide bonds. The highest BCUT2D eigenvalue weighted by atomic mass is 79.9. The maximum atomic E-state index is 11.6. The number of ether oxygens (including phenoxy) is 2. The van der Waals surface area contributed by atoms with E-state index in [2.05, 4.69) is 15.9 Å². The van der Waals surface area contributed by atoms with Gasteiger partial charge in [0.1, 0.15) is 0 Å². The molecule has 0 unspecified atom stereocenters. The molecule has 0 spiro atoms. The van der Waals surface area contributed by atoms with E-state index in [1.807, 2.05) is 0 Å². The molecule has 0 aliphatic carbocycles. The third kappa shape index (κ3) is 4.82. The second-order valence-electron chi connectivity index (χ2n) is 3.73. The summed E-state index contributed by atoms with van der Waals surface area (Å²) in [4.78, 5) is 33.6. The van der Waals surface area contributed by atoms with Gasteiger partial charge in [-0.1, -0.05) is 34.1 Å². The summed E-state index contributed by atoms with van der Waals surface area (Å²) >= 11 is 3.07. The predicted molar refractivity (Wildman–Crippen MR) is 70.8 cm³/mol. The summed E-state index contributed by atoms with van der Waals surface area (Å²) in [6.07, 6.45) is -1.14. The molecule has 6 heteroatoms. The molecule has 102 valence electrons. The SMILES string of the molecule is CC(=O)OC(OC(C)=O)c1cccc(C(=O)CBr)c1. The van der Waals surface area contributed by atoms with E-state index in [0.717, 1.165) is 0 Å². The van der Waals surface area contributed by atoms with Gasteiger partial charge in [-0.3, -0.25) is 14.4 Å². The molecular formula is C13H13BrO5. The van der Waals surface area contributed by atoms with E-state index in [1.54, 1.807) is 18.2 Å². The molecule has 0 saturated carbocycles. The van der Waals surface area contributed by atoms with Gasteiger partial charge in [0.05, 0.1) is 5.33 Å². The molecular weight excluding hydrogens is 316 g/mol. The van der Waals surface area contributed by atoms with Crippen LogP contribution in [0.25, 0.3) is 0 Å². The molecule has 0 aliphatic rings. The molecule has 1 aromatic carbocycles. The summed E-state index contributed by atoms with van der Waals surface area (Å²) in [6, 6.07) is 6.40. The average Bonchev–Trinajstić information content (AvgIpc) is 2.36. The molecule has 0 bridgehead atoms. The molecule has 0 heterocycles. The van der Waals surface area contributed by atoms with Crippen molar-refractivity contribution in [3.05, 3.63) is 35.4 Å². The van der Waals surface area contributed by atoms with Crippen LogP contribution in [0.3, 0.4) is 0 Å². The van der Waals surface area contributed by atoms with Crippen LogP contribution in [0.4, 0.5) is 0 Å². The van der Waals surface area contributed by atoms with Crippen LogP contribution in [0, 0.1) is 0 Å². The van der Waals surface area contributed by atoms with Gasteiger partial charge < -0.3 is 9.47 Å². The minimum Gasteiger partial charge on any atom is -0.421 e. The van der Waals surface area contributed by atoms with Crippen molar-refractivity contribution in [1.29, 1.82) is 0 Å². The summed E-state index contributed by atoms with van der Waals surface area (Å²) in [5.74, 6) is -1.28. The van der Waals surface area contributed by atoms with Crippen LogP contribution in [0.2, 0.25) is 0 Å². The molecule has 0 radical (unpaired) electrons. The lowest BCUT2D eigenvalue weighted by atomic mass is 10.1. The minimum absolute atomic E-state index is 0.119. The van der Waals surface area contributed by atoms with E-state index >= 15 is 0 Å². The first-order chi connectivity index (χ1) is 8.93. The largest absolute Gasteiger partial charge is 0.421 e. The fraction of sp³-hybridized carbons (Fsp3) is 0.308. The van der Waals surface area contributed by atoms with Crippen LogP contribution in [0.1, 0.15) is 36.1 Å². The van der Waals surface area contributed by atoms with Gasteiger partial charge in [0, 0.05) is 25.0 Å². The van der Waals surface area contributed by atoms with Crippen molar-refractivity contribution in [3.63, 3.8) is 0 Å². The van der Waals surface area contributed by atoms with E-state index in [9.17, 15) is 14.4 Å². The molecule has 0 N–H and O–H groups in total. The van der Waals surface area contributed by atoms with Crippen LogP contribution in [-0.4, -0.2) is 23.1 Å². The van der Waals surface area contributed by atoms with Crippen LogP contribution < -0.4 is 0 Å². The van der Waals surface area contributed by atoms with Gasteiger partial charge in [0.2, 0.25) is 0 Å². The lowest BCUT2D eigenvalue weighted by molar-refractivity contribution is -0.186. The Hall–Kier alpha value is -1.69. The molecule has 0 aromatic heterocycles. The molecule has 0 fully saturated rings. The number of alkyl halides is 1. The monoisotopic (exact) mass is 328 g/mol. The zero-order valence-electron chi connectivity index (χ0n) is 10.5. The first-order valence-corrected chi connectivity index (χ1v) is 6.59. The quantitative estimate of drug-likeness (QED) is 0.359. The Labute approximate surface area is 119 Å². The van der Waals surface area contributed by atoms with Gasteiger partial charge in [-0.15, -0.1) is 0 Å². The Balaban J connectivity index is 3.04. The lowest BCUT2D eigenvalue weighted by Gasteiger charge is -2.17. The molecule has 0 aliphatic heterocycles. The smallest absolute Gasteiger partial charge is 0.305 e. The molecule has 0 atom stereocenters. The molecule has 0 saturated heterocycles. The molecule has 1 aromatic rings. The number of ketones is 1. The second-order valence-corrected chi connectivity index (χ2v) is 4.29. The fourth-order valence-corrected chi connectivity index (χ4v) is 1.72. The van der Waals surface area contributed by atoms with E-state index in [4.69, 9.17) is 9.47 Å².